The Balaban J connectivity index is 3.12. The maximum Gasteiger partial charge on any atom is 0.697 e. The summed E-state index contributed by atoms with van der Waals surface area (Å²) < 4.78 is 21.6. The van der Waals surface area contributed by atoms with Crippen LogP contribution in [0.4, 0.5) is 0 Å². The monoisotopic (exact) mass is 277 g/mol. The van der Waals surface area contributed by atoms with Gasteiger partial charge in [0.1, 0.15) is 13.2 Å². The van der Waals surface area contributed by atoms with Crippen molar-refractivity contribution >= 4 is 8.25 Å². The quantitative estimate of drug-likeness (QED) is 0.305. The average molecular weight is 277 g/mol. The van der Waals surface area contributed by atoms with E-state index in [9.17, 15) is 4.57 Å². The average Bonchev–Trinajstić information content (AvgIpc) is 2.38. The van der Waals surface area contributed by atoms with Gasteiger partial charge >= 0.3 is 8.25 Å². The third-order valence-electron chi connectivity index (χ3n) is 2.89. The van der Waals surface area contributed by atoms with Gasteiger partial charge in [0.2, 0.25) is 0 Å². The summed E-state index contributed by atoms with van der Waals surface area (Å²) in [6.45, 7) is 5.52. The summed E-state index contributed by atoms with van der Waals surface area (Å²) >= 11 is 0. The zero-order valence-electron chi connectivity index (χ0n) is 12.2. The van der Waals surface area contributed by atoms with Gasteiger partial charge in [0.25, 0.3) is 0 Å². The Morgan fingerprint density at radius 2 is 1.06 bits per heavy atom. The molecule has 0 aromatic heterocycles. The largest absolute Gasteiger partial charge is 0.697 e. The Kier molecular flexibility index (Phi) is 15.1. The Hall–Kier alpha value is 0.0200. The summed E-state index contributed by atoms with van der Waals surface area (Å²) in [4.78, 5) is 0. The van der Waals surface area contributed by atoms with Crippen LogP contribution in [0.15, 0.2) is 0 Å². The van der Waals surface area contributed by atoms with Gasteiger partial charge in [-0.15, -0.1) is 9.05 Å². The first kappa shape index (κ1) is 18.0. The maximum absolute atomic E-state index is 11.3. The SMILES string of the molecule is CCCCCCCO[P+](=O)OCCCCCCC. The van der Waals surface area contributed by atoms with Crippen molar-refractivity contribution in [3.05, 3.63) is 0 Å². The molecule has 0 aliphatic heterocycles. The molecular formula is C14H30O3P+. The van der Waals surface area contributed by atoms with Crippen LogP contribution < -0.4 is 0 Å². The molecule has 0 spiro atoms. The fraction of sp³-hybridized carbons (Fsp3) is 1.00. The van der Waals surface area contributed by atoms with E-state index < -0.39 is 8.25 Å². The summed E-state index contributed by atoms with van der Waals surface area (Å²) in [5, 5.41) is 0. The van der Waals surface area contributed by atoms with Crippen LogP contribution in [0, 0.1) is 0 Å². The van der Waals surface area contributed by atoms with Gasteiger partial charge in [-0.2, -0.15) is 0 Å². The molecule has 0 amide bonds. The molecule has 0 bridgehead atoms. The van der Waals surface area contributed by atoms with Crippen LogP contribution >= 0.6 is 8.25 Å². The molecule has 0 atom stereocenters. The normalized spacial score (nSPS) is 10.8. The molecule has 0 aliphatic carbocycles. The molecule has 0 N–H and O–H groups in total. The zero-order chi connectivity index (χ0) is 13.5. The summed E-state index contributed by atoms with van der Waals surface area (Å²) in [7, 11) is -1.88. The van der Waals surface area contributed by atoms with E-state index in [4.69, 9.17) is 9.05 Å². The van der Waals surface area contributed by atoms with E-state index in [1.807, 2.05) is 0 Å². The first-order valence-corrected chi connectivity index (χ1v) is 8.63. The molecule has 18 heavy (non-hydrogen) atoms. The van der Waals surface area contributed by atoms with E-state index in [-0.39, 0.29) is 0 Å². The highest BCUT2D eigenvalue weighted by atomic mass is 31.1. The van der Waals surface area contributed by atoms with Crippen molar-refractivity contribution in [3.8, 4) is 0 Å². The third-order valence-corrected chi connectivity index (χ3v) is 3.68. The van der Waals surface area contributed by atoms with Crippen LogP contribution in [-0.4, -0.2) is 13.2 Å². The predicted molar refractivity (Wildman–Crippen MR) is 77.0 cm³/mol. The Morgan fingerprint density at radius 1 is 0.667 bits per heavy atom. The van der Waals surface area contributed by atoms with Crippen molar-refractivity contribution in [1.82, 2.24) is 0 Å². The van der Waals surface area contributed by atoms with Crippen molar-refractivity contribution in [3.63, 3.8) is 0 Å². The smallest absolute Gasteiger partial charge is 0.119 e. The molecule has 0 unspecified atom stereocenters. The van der Waals surface area contributed by atoms with Gasteiger partial charge in [-0.3, -0.25) is 0 Å². The van der Waals surface area contributed by atoms with E-state index in [2.05, 4.69) is 13.8 Å². The molecule has 0 radical (unpaired) electrons. The second-order valence-electron chi connectivity index (χ2n) is 4.72. The van der Waals surface area contributed by atoms with Crippen molar-refractivity contribution in [2.75, 3.05) is 13.2 Å². The van der Waals surface area contributed by atoms with Crippen LogP contribution in [0.5, 0.6) is 0 Å². The van der Waals surface area contributed by atoms with Crippen molar-refractivity contribution in [1.29, 1.82) is 0 Å². The maximum atomic E-state index is 11.3. The van der Waals surface area contributed by atoms with Crippen LogP contribution in [0.3, 0.4) is 0 Å². The van der Waals surface area contributed by atoms with E-state index in [1.54, 1.807) is 0 Å². The van der Waals surface area contributed by atoms with E-state index >= 15 is 0 Å². The third kappa shape index (κ3) is 14.1. The molecule has 0 saturated carbocycles. The fourth-order valence-corrected chi connectivity index (χ4v) is 2.36. The van der Waals surface area contributed by atoms with Gasteiger partial charge in [-0.1, -0.05) is 65.2 Å². The minimum absolute atomic E-state index is 0.564. The summed E-state index contributed by atoms with van der Waals surface area (Å²) in [5.41, 5.74) is 0. The van der Waals surface area contributed by atoms with Crippen LogP contribution in [0.1, 0.15) is 78.1 Å². The topological polar surface area (TPSA) is 35.5 Å². The van der Waals surface area contributed by atoms with Crippen molar-refractivity contribution < 1.29 is 13.6 Å². The van der Waals surface area contributed by atoms with Gasteiger partial charge in [0.05, 0.1) is 0 Å². The van der Waals surface area contributed by atoms with Crippen LogP contribution in [0.2, 0.25) is 0 Å². The molecule has 0 aromatic rings. The Bertz CT molecular complexity index is 168. The standard InChI is InChI=1S/C14H30O3P/c1-3-5-7-9-11-13-16-18(15)17-14-12-10-8-6-4-2/h3-14H2,1-2H3/q+1. The lowest BCUT2D eigenvalue weighted by molar-refractivity contribution is 0.218. The molecule has 0 aromatic carbocycles. The molecule has 0 rings (SSSR count). The molecular weight excluding hydrogens is 247 g/mol. The summed E-state index contributed by atoms with van der Waals surface area (Å²) in [5.74, 6) is 0. The van der Waals surface area contributed by atoms with Crippen molar-refractivity contribution in [2.45, 2.75) is 78.1 Å². The minimum Gasteiger partial charge on any atom is -0.119 e. The van der Waals surface area contributed by atoms with Gasteiger partial charge in [-0.05, 0) is 12.8 Å². The van der Waals surface area contributed by atoms with Gasteiger partial charge in [-0.25, -0.2) is 0 Å². The molecule has 3 nitrogen and oxygen atoms in total. The van der Waals surface area contributed by atoms with E-state index in [0.717, 1.165) is 25.7 Å². The van der Waals surface area contributed by atoms with Gasteiger partial charge in [0, 0.05) is 4.57 Å². The van der Waals surface area contributed by atoms with Crippen molar-refractivity contribution in [2.24, 2.45) is 0 Å². The molecule has 0 heterocycles. The number of rotatable bonds is 14. The van der Waals surface area contributed by atoms with Gasteiger partial charge in [0.15, 0.2) is 0 Å². The van der Waals surface area contributed by atoms with E-state index in [0.29, 0.717) is 13.2 Å². The minimum atomic E-state index is -1.88. The van der Waals surface area contributed by atoms with Gasteiger partial charge < -0.3 is 0 Å². The molecule has 0 aliphatic rings. The fourth-order valence-electron chi connectivity index (χ4n) is 1.73. The molecule has 108 valence electrons. The van der Waals surface area contributed by atoms with Crippen LogP contribution in [-0.2, 0) is 13.6 Å². The van der Waals surface area contributed by atoms with Crippen LogP contribution in [0.25, 0.3) is 0 Å². The summed E-state index contributed by atoms with van der Waals surface area (Å²) in [6.07, 6.45) is 11.8. The number of unbranched alkanes of at least 4 members (excludes halogenated alkanes) is 8. The van der Waals surface area contributed by atoms with E-state index in [1.165, 1.54) is 38.5 Å². The first-order valence-electron chi connectivity index (χ1n) is 7.54. The summed E-state index contributed by atoms with van der Waals surface area (Å²) in [6, 6.07) is 0. The second-order valence-corrected chi connectivity index (χ2v) is 5.68. The zero-order valence-corrected chi connectivity index (χ0v) is 13.1. The number of hydrogen-bond acceptors (Lipinski definition) is 3. The predicted octanol–water partition coefficient (Wildman–Crippen LogP) is 5.62. The number of hydrogen-bond donors (Lipinski definition) is 0. The Morgan fingerprint density at radius 3 is 1.44 bits per heavy atom. The lowest BCUT2D eigenvalue weighted by Crippen LogP contribution is -1.92. The molecule has 0 fully saturated rings. The lowest BCUT2D eigenvalue weighted by atomic mass is 10.2. The first-order chi connectivity index (χ1) is 8.81. The molecule has 4 heteroatoms. The Labute approximate surface area is 114 Å². The second kappa shape index (κ2) is 15.1. The lowest BCUT2D eigenvalue weighted by Gasteiger charge is -1.96. The highest BCUT2D eigenvalue weighted by Gasteiger charge is 2.18. The highest BCUT2D eigenvalue weighted by molar-refractivity contribution is 7.33. The molecule has 0 saturated heterocycles. The highest BCUT2D eigenvalue weighted by Crippen LogP contribution is 2.24.